The van der Waals surface area contributed by atoms with Gasteiger partial charge in [0.2, 0.25) is 0 Å². The van der Waals surface area contributed by atoms with Gasteiger partial charge in [-0.15, -0.1) is 4.80 Å². The van der Waals surface area contributed by atoms with Crippen molar-refractivity contribution in [2.45, 2.75) is 57.9 Å². The van der Waals surface area contributed by atoms with Gasteiger partial charge in [-0.3, -0.25) is 9.36 Å². The minimum Gasteiger partial charge on any atom is -0.496 e. The Morgan fingerprint density at radius 2 is 1.93 bits per heavy atom. The second-order valence-corrected chi connectivity index (χ2v) is 11.2. The molecule has 0 aliphatic carbocycles. The summed E-state index contributed by atoms with van der Waals surface area (Å²) in [7, 11) is 1.45. The summed E-state index contributed by atoms with van der Waals surface area (Å²) in [5, 5.41) is 19.0. The lowest BCUT2D eigenvalue weighted by Crippen LogP contribution is -2.52. The third kappa shape index (κ3) is 5.18. The predicted octanol–water partition coefficient (Wildman–Crippen LogP) is 3.02. The van der Waals surface area contributed by atoms with Gasteiger partial charge in [0.05, 0.1) is 37.5 Å². The monoisotopic (exact) mass is 587 g/mol. The molecule has 1 aliphatic rings. The summed E-state index contributed by atoms with van der Waals surface area (Å²) in [5.41, 5.74) is -2.61. The van der Waals surface area contributed by atoms with Crippen LogP contribution in [0.4, 0.5) is 4.39 Å². The molecule has 0 bridgehead atoms. The number of hydrogen-bond acceptors (Lipinski definition) is 9. The van der Waals surface area contributed by atoms with Gasteiger partial charge < -0.3 is 19.3 Å². The van der Waals surface area contributed by atoms with Crippen molar-refractivity contribution >= 4 is 27.5 Å². The summed E-state index contributed by atoms with van der Waals surface area (Å²) in [6, 6.07) is 4.04. The third-order valence-corrected chi connectivity index (χ3v) is 8.56. The number of carbonyl (C=O) groups is 1. The van der Waals surface area contributed by atoms with Gasteiger partial charge in [-0.05, 0) is 51.8 Å². The maximum absolute atomic E-state index is 14.5. The number of methoxy groups -OCH3 is 1. The lowest BCUT2D eigenvalue weighted by Gasteiger charge is -2.30. The largest absolute Gasteiger partial charge is 0.496 e. The summed E-state index contributed by atoms with van der Waals surface area (Å²) >= 11 is 1.12. The van der Waals surface area contributed by atoms with E-state index in [0.717, 1.165) is 15.9 Å². The van der Waals surface area contributed by atoms with E-state index in [1.165, 1.54) is 60.9 Å². The van der Waals surface area contributed by atoms with Crippen LogP contribution in [-0.4, -0.2) is 61.6 Å². The first kappa shape index (κ1) is 28.6. The first-order valence-electron chi connectivity index (χ1n) is 13.0. The predicted molar refractivity (Wildman–Crippen MR) is 148 cm³/mol. The number of rotatable bonds is 9. The SMILES string of the molecule is COc1ccc(F)cc1[C@H](Cn1c(=O)n(C(C)(C)C(=O)O)c(=O)c2c(C)c(-n3nccn3)sc21)OC1CCOCC1. The normalized spacial score (nSPS) is 15.3. The van der Waals surface area contributed by atoms with Crippen molar-refractivity contribution < 1.29 is 28.5 Å². The number of aliphatic carboxylic acids is 1. The van der Waals surface area contributed by atoms with E-state index in [-0.39, 0.29) is 22.9 Å². The molecule has 4 aromatic rings. The molecule has 4 heterocycles. The lowest BCUT2D eigenvalue weighted by molar-refractivity contribution is -0.146. The highest BCUT2D eigenvalue weighted by molar-refractivity contribution is 7.21. The van der Waals surface area contributed by atoms with Crippen LogP contribution in [0.3, 0.4) is 0 Å². The fraction of sp³-hybridized carbons (Fsp3) is 0.444. The Morgan fingerprint density at radius 1 is 1.24 bits per heavy atom. The minimum absolute atomic E-state index is 0.158. The van der Waals surface area contributed by atoms with E-state index < -0.39 is 34.7 Å². The molecule has 1 atom stereocenters. The number of fused-ring (bicyclic) bond motifs is 1. The number of carboxylic acids is 1. The van der Waals surface area contributed by atoms with E-state index in [2.05, 4.69) is 10.2 Å². The molecule has 14 heteroatoms. The van der Waals surface area contributed by atoms with Gasteiger partial charge in [-0.2, -0.15) is 10.2 Å². The molecule has 12 nitrogen and oxygen atoms in total. The molecule has 0 spiro atoms. The average molecular weight is 588 g/mol. The average Bonchev–Trinajstić information content (AvgIpc) is 3.59. The molecule has 1 N–H and O–H groups in total. The van der Waals surface area contributed by atoms with E-state index >= 15 is 0 Å². The van der Waals surface area contributed by atoms with Crippen molar-refractivity contribution in [3.8, 4) is 10.8 Å². The summed E-state index contributed by atoms with van der Waals surface area (Å²) in [6.45, 7) is 5.09. The summed E-state index contributed by atoms with van der Waals surface area (Å²) < 4.78 is 34.1. The Hall–Kier alpha value is -3.88. The van der Waals surface area contributed by atoms with Crippen molar-refractivity contribution in [2.24, 2.45) is 0 Å². The molecule has 218 valence electrons. The minimum atomic E-state index is -1.88. The zero-order chi connectivity index (χ0) is 29.5. The van der Waals surface area contributed by atoms with Crippen molar-refractivity contribution in [3.63, 3.8) is 0 Å². The highest BCUT2D eigenvalue weighted by Crippen LogP contribution is 2.35. The number of nitrogens with zero attached hydrogens (tertiary/aromatic N) is 5. The molecule has 1 aromatic carbocycles. The molecule has 0 amide bonds. The maximum Gasteiger partial charge on any atom is 0.333 e. The summed E-state index contributed by atoms with van der Waals surface area (Å²) in [5.74, 6) is -1.52. The molecular weight excluding hydrogens is 557 g/mol. The molecule has 5 rings (SSSR count). The number of thiophene rings is 1. The standard InChI is InChI=1S/C27H30FN5O7S/c1-15-21-22(34)32(27(2,3)25(35)36)26(37)31(24(21)41-23(15)33-29-9-10-30-33)14-20(40-17-7-11-39-12-8-17)18-13-16(28)5-6-19(18)38-4/h5-6,9-10,13,17,20H,7-8,11-12,14H2,1-4H3,(H,35,36)/t20-/m0/s1. The fourth-order valence-electron chi connectivity index (χ4n) is 4.98. The Labute approximate surface area is 237 Å². The lowest BCUT2D eigenvalue weighted by atomic mass is 10.0. The number of benzene rings is 1. The first-order valence-corrected chi connectivity index (χ1v) is 13.8. The van der Waals surface area contributed by atoms with Crippen LogP contribution in [0.1, 0.15) is 43.9 Å². The van der Waals surface area contributed by atoms with Crippen molar-refractivity contribution in [3.05, 3.63) is 68.4 Å². The van der Waals surface area contributed by atoms with Gasteiger partial charge in [-0.25, -0.2) is 18.5 Å². The topological polar surface area (TPSA) is 140 Å². The number of aryl methyl sites for hydroxylation is 1. The van der Waals surface area contributed by atoms with E-state index in [4.69, 9.17) is 14.2 Å². The Bertz CT molecular complexity index is 1700. The molecule has 0 saturated carbocycles. The van der Waals surface area contributed by atoms with Crippen LogP contribution in [-0.2, 0) is 26.4 Å². The van der Waals surface area contributed by atoms with Crippen molar-refractivity contribution in [1.82, 2.24) is 24.1 Å². The summed E-state index contributed by atoms with van der Waals surface area (Å²) in [4.78, 5) is 41.8. The molecule has 0 unspecified atom stereocenters. The van der Waals surface area contributed by atoms with Gasteiger partial charge in [0, 0.05) is 24.3 Å². The van der Waals surface area contributed by atoms with Crippen LogP contribution in [0, 0.1) is 12.7 Å². The van der Waals surface area contributed by atoms with Crippen LogP contribution < -0.4 is 16.0 Å². The van der Waals surface area contributed by atoms with E-state index in [1.807, 2.05) is 0 Å². The zero-order valence-corrected chi connectivity index (χ0v) is 23.8. The van der Waals surface area contributed by atoms with E-state index in [1.54, 1.807) is 6.92 Å². The summed E-state index contributed by atoms with van der Waals surface area (Å²) in [6.07, 6.45) is 3.02. The van der Waals surface area contributed by atoms with Gasteiger partial charge in [0.15, 0.2) is 0 Å². The molecule has 41 heavy (non-hydrogen) atoms. The molecular formula is C27H30FN5O7S. The Kier molecular flexibility index (Phi) is 7.81. The van der Waals surface area contributed by atoms with Gasteiger partial charge in [0.1, 0.15) is 33.0 Å². The van der Waals surface area contributed by atoms with Crippen LogP contribution in [0.15, 0.2) is 40.2 Å². The second-order valence-electron chi connectivity index (χ2n) is 10.3. The number of halogens is 1. The van der Waals surface area contributed by atoms with Crippen LogP contribution in [0.2, 0.25) is 0 Å². The maximum atomic E-state index is 14.5. The van der Waals surface area contributed by atoms with Crippen LogP contribution >= 0.6 is 11.3 Å². The number of aromatic nitrogens is 5. The third-order valence-electron chi connectivity index (χ3n) is 7.28. The number of ether oxygens (including phenoxy) is 3. The highest BCUT2D eigenvalue weighted by atomic mass is 32.1. The highest BCUT2D eigenvalue weighted by Gasteiger charge is 2.36. The van der Waals surface area contributed by atoms with Crippen LogP contribution in [0.25, 0.3) is 15.2 Å². The first-order chi connectivity index (χ1) is 19.5. The van der Waals surface area contributed by atoms with Crippen LogP contribution in [0.5, 0.6) is 5.75 Å². The van der Waals surface area contributed by atoms with Gasteiger partial charge >= 0.3 is 11.7 Å². The van der Waals surface area contributed by atoms with Gasteiger partial charge in [-0.1, -0.05) is 11.3 Å². The van der Waals surface area contributed by atoms with Crippen molar-refractivity contribution in [1.29, 1.82) is 0 Å². The fourth-order valence-corrected chi connectivity index (χ4v) is 6.20. The quantitative estimate of drug-likeness (QED) is 0.313. The molecule has 1 fully saturated rings. The van der Waals surface area contributed by atoms with Gasteiger partial charge in [0.25, 0.3) is 5.56 Å². The molecule has 1 aliphatic heterocycles. The van der Waals surface area contributed by atoms with E-state index in [9.17, 15) is 23.9 Å². The molecule has 0 radical (unpaired) electrons. The smallest absolute Gasteiger partial charge is 0.333 e. The molecule has 3 aromatic heterocycles. The number of carboxylic acid groups (broad SMARTS) is 1. The number of hydrogen-bond donors (Lipinski definition) is 1. The Balaban J connectivity index is 1.77. The van der Waals surface area contributed by atoms with Crippen molar-refractivity contribution in [2.75, 3.05) is 20.3 Å². The van der Waals surface area contributed by atoms with E-state index in [0.29, 0.717) is 47.9 Å². The Morgan fingerprint density at radius 3 is 2.56 bits per heavy atom. The zero-order valence-electron chi connectivity index (χ0n) is 23.0. The molecule has 1 saturated heterocycles. The second kappa shape index (κ2) is 11.2.